The molecule has 0 spiro atoms. The molecule has 1 aromatic carbocycles. The van der Waals surface area contributed by atoms with Crippen molar-refractivity contribution in [2.24, 2.45) is 10.5 Å². The summed E-state index contributed by atoms with van der Waals surface area (Å²) in [6.07, 6.45) is 11.7. The fourth-order valence-electron chi connectivity index (χ4n) is 5.43. The first kappa shape index (κ1) is 24.2. The van der Waals surface area contributed by atoms with Crippen LogP contribution in [-0.4, -0.2) is 21.6 Å². The number of hydrogen-bond donors (Lipinski definition) is 4. The van der Waals surface area contributed by atoms with E-state index in [0.29, 0.717) is 18.7 Å². The van der Waals surface area contributed by atoms with Crippen molar-refractivity contribution < 1.29 is 9.21 Å². The second kappa shape index (κ2) is 9.12. The van der Waals surface area contributed by atoms with Crippen LogP contribution in [0.25, 0.3) is 16.7 Å². The molecule has 1 aliphatic carbocycles. The Bertz CT molecular complexity index is 1730. The second-order valence-electron chi connectivity index (χ2n) is 11.7. The number of aromatic nitrogens is 2. The number of furan rings is 1. The number of allylic oxidation sites excluding steroid dienone is 2. The quantitative estimate of drug-likeness (QED) is 0.241. The van der Waals surface area contributed by atoms with Gasteiger partial charge in [-0.15, -0.1) is 0 Å². The van der Waals surface area contributed by atoms with Crippen molar-refractivity contribution in [2.45, 2.75) is 39.8 Å². The fourth-order valence-corrected chi connectivity index (χ4v) is 5.43. The van der Waals surface area contributed by atoms with Crippen molar-refractivity contribution in [1.82, 2.24) is 20.7 Å². The molecule has 1 fully saturated rings. The number of anilines is 1. The van der Waals surface area contributed by atoms with E-state index >= 15 is 0 Å². The highest BCUT2D eigenvalue weighted by Gasteiger charge is 2.37. The Balaban J connectivity index is 1.22. The molecule has 200 valence electrons. The minimum Gasteiger partial charge on any atom is -0.472 e. The second-order valence-corrected chi connectivity index (χ2v) is 11.7. The van der Waals surface area contributed by atoms with Crippen LogP contribution in [0.1, 0.15) is 66.9 Å². The number of carbonyl (C=O) groups is 1. The van der Waals surface area contributed by atoms with Crippen LogP contribution in [-0.2, 0) is 11.3 Å². The van der Waals surface area contributed by atoms with Crippen molar-refractivity contribution in [3.8, 4) is 11.1 Å². The van der Waals surface area contributed by atoms with Gasteiger partial charge in [-0.1, -0.05) is 39.0 Å². The van der Waals surface area contributed by atoms with E-state index in [-0.39, 0.29) is 17.4 Å². The summed E-state index contributed by atoms with van der Waals surface area (Å²) in [5, 5.41) is 11.2. The number of amides is 1. The molecule has 40 heavy (non-hydrogen) atoms. The number of carbonyl (C=O) groups excluding carboxylic acids is 1. The van der Waals surface area contributed by atoms with Crippen molar-refractivity contribution in [1.29, 1.82) is 0 Å². The molecule has 0 saturated carbocycles. The lowest BCUT2D eigenvalue weighted by molar-refractivity contribution is -0.117. The summed E-state index contributed by atoms with van der Waals surface area (Å²) in [5.41, 5.74) is 15.4. The average molecular weight is 531 g/mol. The normalized spacial score (nSPS) is 17.1. The Morgan fingerprint density at radius 1 is 1.05 bits per heavy atom. The average Bonchev–Trinajstić information content (AvgIpc) is 3.30. The zero-order valence-corrected chi connectivity index (χ0v) is 22.6. The molecule has 5 heterocycles. The van der Waals surface area contributed by atoms with Gasteiger partial charge in [0.2, 0.25) is 5.91 Å². The lowest BCUT2D eigenvalue weighted by Crippen LogP contribution is -2.21. The first-order valence-electron chi connectivity index (χ1n) is 13.5. The van der Waals surface area contributed by atoms with Gasteiger partial charge in [0, 0.05) is 40.6 Å². The molecule has 1 atom stereocenters. The highest BCUT2D eigenvalue weighted by molar-refractivity contribution is 6.14. The SMILES string of the molecule is CC(C)(C)CC(=O)Nc1cncc(-c2ccc3c(c2)C(c2cc4c([nH]2)C2NC2=CC=C4c2ccoc2)=NNC3)c1. The van der Waals surface area contributed by atoms with Crippen LogP contribution >= 0.6 is 0 Å². The van der Waals surface area contributed by atoms with Gasteiger partial charge in [-0.05, 0) is 52.5 Å². The van der Waals surface area contributed by atoms with Crippen molar-refractivity contribution in [3.63, 3.8) is 0 Å². The number of H-pyrrole nitrogens is 1. The molecule has 1 amide bonds. The number of nitrogens with one attached hydrogen (secondary N) is 4. The topological polar surface area (TPSA) is 117 Å². The van der Waals surface area contributed by atoms with E-state index in [2.05, 4.69) is 83.2 Å². The molecule has 1 saturated heterocycles. The van der Waals surface area contributed by atoms with Gasteiger partial charge in [0.05, 0.1) is 42.3 Å². The summed E-state index contributed by atoms with van der Waals surface area (Å²) in [4.78, 5) is 20.6. The molecule has 7 rings (SSSR count). The molecule has 1 unspecified atom stereocenters. The molecular weight excluding hydrogens is 500 g/mol. The number of nitrogens with zero attached hydrogens (tertiary/aromatic N) is 2. The Kier molecular flexibility index (Phi) is 5.52. The molecule has 2 aliphatic heterocycles. The van der Waals surface area contributed by atoms with Crippen LogP contribution in [0, 0.1) is 5.41 Å². The molecular formula is C32H30N6O2. The maximum absolute atomic E-state index is 12.5. The summed E-state index contributed by atoms with van der Waals surface area (Å²) in [5.74, 6) is -0.0177. The molecule has 0 bridgehead atoms. The summed E-state index contributed by atoms with van der Waals surface area (Å²) in [7, 11) is 0. The largest absolute Gasteiger partial charge is 0.472 e. The van der Waals surface area contributed by atoms with E-state index < -0.39 is 0 Å². The molecule has 0 radical (unpaired) electrons. The Morgan fingerprint density at radius 2 is 1.95 bits per heavy atom. The van der Waals surface area contributed by atoms with E-state index in [4.69, 9.17) is 9.52 Å². The third kappa shape index (κ3) is 4.51. The van der Waals surface area contributed by atoms with E-state index in [1.807, 2.05) is 18.3 Å². The smallest absolute Gasteiger partial charge is 0.224 e. The van der Waals surface area contributed by atoms with Crippen molar-refractivity contribution in [3.05, 3.63) is 113 Å². The van der Waals surface area contributed by atoms with Crippen LogP contribution in [0.4, 0.5) is 5.69 Å². The number of hydrogen-bond acceptors (Lipinski definition) is 6. The Labute approximate surface area is 232 Å². The molecule has 8 nitrogen and oxygen atoms in total. The standard InChI is InChI=1S/C32H30N6O2/c1-32(2,3)13-28(39)35-22-10-21(14-33-16-22)18-4-5-19-15-34-38-29(24(19)11-18)27-12-25-23(20-8-9-40-17-20)6-7-26-31(36-26)30(25)37-27/h4-12,14,16-17,31,34,36-37H,13,15H2,1-3H3,(H,35,39). The highest BCUT2D eigenvalue weighted by atomic mass is 16.3. The van der Waals surface area contributed by atoms with Crippen LogP contribution in [0.15, 0.2) is 88.7 Å². The van der Waals surface area contributed by atoms with E-state index in [1.54, 1.807) is 18.7 Å². The van der Waals surface area contributed by atoms with Crippen LogP contribution < -0.4 is 16.1 Å². The Hall–Kier alpha value is -4.85. The predicted octanol–water partition coefficient (Wildman–Crippen LogP) is 5.87. The lowest BCUT2D eigenvalue weighted by atomic mass is 9.92. The number of fused-ring (bicyclic) bond motifs is 4. The van der Waals surface area contributed by atoms with Crippen molar-refractivity contribution >= 4 is 22.9 Å². The summed E-state index contributed by atoms with van der Waals surface area (Å²) in [6.45, 7) is 6.81. The molecule has 3 aliphatic rings. The number of aromatic amines is 1. The van der Waals surface area contributed by atoms with Gasteiger partial charge in [-0.25, -0.2) is 0 Å². The minimum atomic E-state index is -0.0872. The number of hydrazone groups is 1. The van der Waals surface area contributed by atoms with Gasteiger partial charge >= 0.3 is 0 Å². The van der Waals surface area contributed by atoms with E-state index in [9.17, 15) is 4.79 Å². The van der Waals surface area contributed by atoms with Crippen LogP contribution in [0.2, 0.25) is 0 Å². The van der Waals surface area contributed by atoms with Crippen LogP contribution in [0.5, 0.6) is 0 Å². The van der Waals surface area contributed by atoms with Gasteiger partial charge in [-0.3, -0.25) is 9.78 Å². The minimum absolute atomic E-state index is 0.0177. The van der Waals surface area contributed by atoms with Crippen molar-refractivity contribution in [2.75, 3.05) is 5.32 Å². The predicted molar refractivity (Wildman–Crippen MR) is 155 cm³/mol. The zero-order valence-electron chi connectivity index (χ0n) is 22.6. The zero-order chi connectivity index (χ0) is 27.4. The first-order valence-corrected chi connectivity index (χ1v) is 13.5. The van der Waals surface area contributed by atoms with Gasteiger partial charge in [0.25, 0.3) is 0 Å². The third-order valence-corrected chi connectivity index (χ3v) is 7.35. The number of benzene rings is 1. The lowest BCUT2D eigenvalue weighted by Gasteiger charge is -2.19. The summed E-state index contributed by atoms with van der Waals surface area (Å²) < 4.78 is 5.39. The molecule has 8 heteroatoms. The van der Waals surface area contributed by atoms with Gasteiger partial charge < -0.3 is 25.5 Å². The maximum atomic E-state index is 12.5. The summed E-state index contributed by atoms with van der Waals surface area (Å²) in [6, 6.07) is 12.7. The first-order chi connectivity index (χ1) is 19.3. The molecule has 4 N–H and O–H groups in total. The fraction of sp³-hybridized carbons (Fsp3) is 0.219. The van der Waals surface area contributed by atoms with Gasteiger partial charge in [0.15, 0.2) is 0 Å². The number of rotatable bonds is 5. The van der Waals surface area contributed by atoms with E-state index in [1.165, 1.54) is 5.70 Å². The number of pyridine rings is 1. The van der Waals surface area contributed by atoms with Gasteiger partial charge in [0.1, 0.15) is 11.8 Å². The third-order valence-electron chi connectivity index (χ3n) is 7.35. The Morgan fingerprint density at radius 3 is 2.77 bits per heavy atom. The highest BCUT2D eigenvalue weighted by Crippen LogP contribution is 2.43. The van der Waals surface area contributed by atoms with Gasteiger partial charge in [-0.2, -0.15) is 5.10 Å². The maximum Gasteiger partial charge on any atom is 0.224 e. The van der Waals surface area contributed by atoms with Crippen LogP contribution in [0.3, 0.4) is 0 Å². The molecule has 4 aromatic rings. The monoisotopic (exact) mass is 530 g/mol. The van der Waals surface area contributed by atoms with E-state index in [0.717, 1.165) is 56.1 Å². The summed E-state index contributed by atoms with van der Waals surface area (Å²) >= 11 is 0. The molecule has 3 aromatic heterocycles.